The number of anilines is 1. The summed E-state index contributed by atoms with van der Waals surface area (Å²) in [5, 5.41) is 6.35. The molecule has 3 rings (SSSR count). The standard InChI is InChI=1S/C14H14ClN5O/c15-6-7-19(9-11-4-2-1-3-5-11)12-8-13-17-18-14(21)20(13)10-16-12/h1-5,8,10H,6-7,9H2,(H,18,21). The Bertz CT molecular complexity index is 783. The Morgan fingerprint density at radius 1 is 1.29 bits per heavy atom. The number of H-pyrrole nitrogens is 1. The van der Waals surface area contributed by atoms with Gasteiger partial charge in [-0.1, -0.05) is 30.3 Å². The molecule has 3 aromatic rings. The fraction of sp³-hybridized carbons (Fsp3) is 0.214. The van der Waals surface area contributed by atoms with Gasteiger partial charge in [0.25, 0.3) is 0 Å². The first-order valence-corrected chi connectivity index (χ1v) is 7.09. The van der Waals surface area contributed by atoms with Crippen LogP contribution < -0.4 is 10.6 Å². The van der Waals surface area contributed by atoms with Gasteiger partial charge in [0, 0.05) is 25.0 Å². The van der Waals surface area contributed by atoms with Crippen LogP contribution in [-0.4, -0.2) is 32.0 Å². The SMILES string of the molecule is O=c1[nH]nc2cc(N(CCCl)Cc3ccccc3)ncn12. The minimum Gasteiger partial charge on any atom is -0.351 e. The number of hydrogen-bond donors (Lipinski definition) is 1. The predicted octanol–water partition coefficient (Wildman–Crippen LogP) is 1.66. The van der Waals surface area contributed by atoms with E-state index in [1.54, 1.807) is 6.07 Å². The third-order valence-corrected chi connectivity index (χ3v) is 3.36. The molecule has 0 atom stereocenters. The van der Waals surface area contributed by atoms with E-state index in [4.69, 9.17) is 11.6 Å². The van der Waals surface area contributed by atoms with Crippen LogP contribution in [-0.2, 0) is 6.54 Å². The van der Waals surface area contributed by atoms with Crippen molar-refractivity contribution in [2.45, 2.75) is 6.54 Å². The van der Waals surface area contributed by atoms with Gasteiger partial charge in [-0.15, -0.1) is 11.6 Å². The van der Waals surface area contributed by atoms with Crippen LogP contribution in [0.25, 0.3) is 5.65 Å². The first-order valence-electron chi connectivity index (χ1n) is 6.55. The average Bonchev–Trinajstić information content (AvgIpc) is 2.89. The number of fused-ring (bicyclic) bond motifs is 1. The molecule has 108 valence electrons. The number of aromatic nitrogens is 4. The van der Waals surface area contributed by atoms with Crippen molar-refractivity contribution in [1.29, 1.82) is 0 Å². The highest BCUT2D eigenvalue weighted by molar-refractivity contribution is 6.18. The normalized spacial score (nSPS) is 10.9. The third kappa shape index (κ3) is 2.90. The second-order valence-electron chi connectivity index (χ2n) is 4.60. The molecule has 0 unspecified atom stereocenters. The summed E-state index contributed by atoms with van der Waals surface area (Å²) in [6.45, 7) is 1.36. The van der Waals surface area contributed by atoms with E-state index in [2.05, 4.69) is 32.2 Å². The van der Waals surface area contributed by atoms with Gasteiger partial charge >= 0.3 is 5.69 Å². The molecule has 2 heterocycles. The summed E-state index contributed by atoms with van der Waals surface area (Å²) in [7, 11) is 0. The molecule has 1 aromatic carbocycles. The molecule has 0 aliphatic carbocycles. The summed E-state index contributed by atoms with van der Waals surface area (Å²) in [4.78, 5) is 17.8. The largest absolute Gasteiger partial charge is 0.351 e. The Balaban J connectivity index is 1.92. The molecule has 6 nitrogen and oxygen atoms in total. The topological polar surface area (TPSA) is 66.3 Å². The van der Waals surface area contributed by atoms with Crippen molar-refractivity contribution < 1.29 is 0 Å². The van der Waals surface area contributed by atoms with E-state index < -0.39 is 0 Å². The molecule has 1 N–H and O–H groups in total. The molecule has 0 aliphatic heterocycles. The monoisotopic (exact) mass is 303 g/mol. The van der Waals surface area contributed by atoms with E-state index >= 15 is 0 Å². The minimum atomic E-state index is -0.295. The Hall–Kier alpha value is -2.34. The van der Waals surface area contributed by atoms with Crippen molar-refractivity contribution in [1.82, 2.24) is 19.6 Å². The lowest BCUT2D eigenvalue weighted by atomic mass is 10.2. The third-order valence-electron chi connectivity index (χ3n) is 3.19. The van der Waals surface area contributed by atoms with Gasteiger partial charge in [0.1, 0.15) is 12.1 Å². The number of alkyl halides is 1. The maximum absolute atomic E-state index is 11.4. The zero-order valence-electron chi connectivity index (χ0n) is 11.2. The molecule has 0 amide bonds. The van der Waals surface area contributed by atoms with Crippen LogP contribution in [0.1, 0.15) is 5.56 Å². The molecule has 0 radical (unpaired) electrons. The predicted molar refractivity (Wildman–Crippen MR) is 81.8 cm³/mol. The highest BCUT2D eigenvalue weighted by Crippen LogP contribution is 2.15. The van der Waals surface area contributed by atoms with Crippen LogP contribution in [0.3, 0.4) is 0 Å². The second-order valence-corrected chi connectivity index (χ2v) is 4.98. The molecule has 0 aliphatic rings. The summed E-state index contributed by atoms with van der Waals surface area (Å²) in [6.07, 6.45) is 1.47. The first kappa shape index (κ1) is 13.6. The highest BCUT2D eigenvalue weighted by atomic mass is 35.5. The molecular formula is C14H14ClN5O. The average molecular weight is 304 g/mol. The fourth-order valence-electron chi connectivity index (χ4n) is 2.15. The van der Waals surface area contributed by atoms with Crippen molar-refractivity contribution >= 4 is 23.1 Å². The molecule has 2 aromatic heterocycles. The van der Waals surface area contributed by atoms with Crippen molar-refractivity contribution in [3.8, 4) is 0 Å². The van der Waals surface area contributed by atoms with Crippen molar-refractivity contribution in [3.63, 3.8) is 0 Å². The lowest BCUT2D eigenvalue weighted by Crippen LogP contribution is -2.26. The number of nitrogens with one attached hydrogen (secondary N) is 1. The van der Waals surface area contributed by atoms with E-state index in [1.807, 2.05) is 18.2 Å². The quantitative estimate of drug-likeness (QED) is 0.728. The number of nitrogens with zero attached hydrogens (tertiary/aromatic N) is 4. The first-order chi connectivity index (χ1) is 10.3. The molecule has 0 saturated heterocycles. The Morgan fingerprint density at radius 3 is 2.86 bits per heavy atom. The van der Waals surface area contributed by atoms with E-state index in [-0.39, 0.29) is 5.69 Å². The number of benzene rings is 1. The summed E-state index contributed by atoms with van der Waals surface area (Å²) >= 11 is 5.89. The summed E-state index contributed by atoms with van der Waals surface area (Å²) in [5.41, 5.74) is 1.41. The van der Waals surface area contributed by atoms with Crippen molar-refractivity contribution in [2.24, 2.45) is 0 Å². The zero-order chi connectivity index (χ0) is 14.7. The van der Waals surface area contributed by atoms with Gasteiger partial charge in [-0.2, -0.15) is 5.10 Å². The van der Waals surface area contributed by atoms with Crippen molar-refractivity contribution in [2.75, 3.05) is 17.3 Å². The van der Waals surface area contributed by atoms with Crippen LogP contribution in [0.2, 0.25) is 0 Å². The fourth-order valence-corrected chi connectivity index (χ4v) is 2.36. The molecule has 0 saturated carbocycles. The van der Waals surface area contributed by atoms with E-state index in [0.29, 0.717) is 24.6 Å². The maximum atomic E-state index is 11.4. The number of halogens is 1. The van der Waals surface area contributed by atoms with Gasteiger partial charge in [0.15, 0.2) is 5.65 Å². The highest BCUT2D eigenvalue weighted by Gasteiger charge is 2.10. The smallest absolute Gasteiger partial charge is 0.348 e. The van der Waals surface area contributed by atoms with Gasteiger partial charge in [-0.25, -0.2) is 19.3 Å². The van der Waals surface area contributed by atoms with E-state index in [9.17, 15) is 4.79 Å². The van der Waals surface area contributed by atoms with Crippen LogP contribution >= 0.6 is 11.6 Å². The molecule has 21 heavy (non-hydrogen) atoms. The number of aromatic amines is 1. The van der Waals surface area contributed by atoms with Gasteiger partial charge < -0.3 is 4.90 Å². The van der Waals surface area contributed by atoms with Crippen LogP contribution in [0.4, 0.5) is 5.82 Å². The molecule has 0 spiro atoms. The lowest BCUT2D eigenvalue weighted by molar-refractivity contribution is 0.811. The van der Waals surface area contributed by atoms with Crippen molar-refractivity contribution in [3.05, 3.63) is 58.8 Å². The summed E-state index contributed by atoms with van der Waals surface area (Å²) < 4.78 is 1.37. The number of hydrogen-bond acceptors (Lipinski definition) is 4. The molecule has 0 fully saturated rings. The molecular weight excluding hydrogens is 290 g/mol. The summed E-state index contributed by atoms with van der Waals surface area (Å²) in [6, 6.07) is 11.9. The van der Waals surface area contributed by atoms with Gasteiger partial charge in [0.2, 0.25) is 0 Å². The minimum absolute atomic E-state index is 0.295. The van der Waals surface area contributed by atoms with E-state index in [0.717, 1.165) is 5.82 Å². The van der Waals surface area contributed by atoms with Crippen LogP contribution in [0.15, 0.2) is 47.5 Å². The number of rotatable bonds is 5. The van der Waals surface area contributed by atoms with Gasteiger partial charge in [0.05, 0.1) is 0 Å². The van der Waals surface area contributed by atoms with Gasteiger partial charge in [-0.05, 0) is 5.56 Å². The van der Waals surface area contributed by atoms with Crippen LogP contribution in [0, 0.1) is 0 Å². The van der Waals surface area contributed by atoms with Crippen LogP contribution in [0.5, 0.6) is 0 Å². The Morgan fingerprint density at radius 2 is 2.10 bits per heavy atom. The van der Waals surface area contributed by atoms with Gasteiger partial charge in [-0.3, -0.25) is 0 Å². The van der Waals surface area contributed by atoms with E-state index in [1.165, 1.54) is 16.3 Å². The molecule has 7 heteroatoms. The molecule has 0 bridgehead atoms. The Kier molecular flexibility index (Phi) is 3.87. The summed E-state index contributed by atoms with van der Waals surface area (Å²) in [5.74, 6) is 1.23. The lowest BCUT2D eigenvalue weighted by Gasteiger charge is -2.22. The second kappa shape index (κ2) is 5.97. The Labute approximate surface area is 126 Å². The maximum Gasteiger partial charge on any atom is 0.348 e. The zero-order valence-corrected chi connectivity index (χ0v) is 12.0.